The van der Waals surface area contributed by atoms with Crippen molar-refractivity contribution in [2.24, 2.45) is 0 Å². The van der Waals surface area contributed by atoms with Crippen molar-refractivity contribution < 1.29 is 0 Å². The van der Waals surface area contributed by atoms with Crippen LogP contribution in [0, 0.1) is 0 Å². The third-order valence-corrected chi connectivity index (χ3v) is 5.74. The number of rotatable bonds is 15. The lowest BCUT2D eigenvalue weighted by Crippen LogP contribution is -1.84. The minimum atomic E-state index is 1.12. The third-order valence-electron chi connectivity index (χ3n) is 4.38. The lowest BCUT2D eigenvalue weighted by molar-refractivity contribution is 0.548. The predicted molar refractivity (Wildman–Crippen MR) is 104 cm³/mol. The molecule has 1 atom stereocenters. The van der Waals surface area contributed by atoms with Crippen molar-refractivity contribution >= 4 is 8.58 Å². The van der Waals surface area contributed by atoms with Gasteiger partial charge in [0.25, 0.3) is 0 Å². The molecular weight excluding hydrogens is 283 g/mol. The molecule has 0 bridgehead atoms. The van der Waals surface area contributed by atoms with Gasteiger partial charge in [-0.2, -0.15) is 0 Å². The van der Waals surface area contributed by atoms with Gasteiger partial charge in [-0.1, -0.05) is 108 Å². The van der Waals surface area contributed by atoms with Crippen LogP contribution in [0.5, 0.6) is 0 Å². The van der Waals surface area contributed by atoms with Gasteiger partial charge in [0.15, 0.2) is 0 Å². The Morgan fingerprint density at radius 1 is 0.636 bits per heavy atom. The Bertz CT molecular complexity index is 320. The number of hydrogen-bond acceptors (Lipinski definition) is 0. The highest BCUT2D eigenvalue weighted by Gasteiger charge is 1.95. The summed E-state index contributed by atoms with van der Waals surface area (Å²) >= 11 is 0. The van der Waals surface area contributed by atoms with E-state index in [0.717, 1.165) is 8.58 Å². The van der Waals surface area contributed by atoms with Crippen LogP contribution in [-0.4, -0.2) is 6.16 Å². The van der Waals surface area contributed by atoms with E-state index in [9.17, 15) is 0 Å². The van der Waals surface area contributed by atoms with E-state index >= 15 is 0 Å². The molecule has 0 N–H and O–H groups in total. The van der Waals surface area contributed by atoms with Crippen LogP contribution in [0.1, 0.15) is 89.5 Å². The molecule has 0 fully saturated rings. The molecule has 1 aromatic carbocycles. The zero-order valence-corrected chi connectivity index (χ0v) is 15.8. The van der Waals surface area contributed by atoms with Crippen LogP contribution in [-0.2, 0) is 6.16 Å². The Morgan fingerprint density at radius 3 is 1.68 bits per heavy atom. The average molecular weight is 321 g/mol. The molecule has 1 rings (SSSR count). The molecule has 1 aromatic rings. The van der Waals surface area contributed by atoms with E-state index in [0.29, 0.717) is 0 Å². The summed E-state index contributed by atoms with van der Waals surface area (Å²) in [6.07, 6.45) is 20.2. The van der Waals surface area contributed by atoms with Crippen molar-refractivity contribution in [1.29, 1.82) is 0 Å². The van der Waals surface area contributed by atoms with Crippen molar-refractivity contribution in [3.8, 4) is 0 Å². The van der Waals surface area contributed by atoms with Gasteiger partial charge in [0.1, 0.15) is 0 Å². The van der Waals surface area contributed by atoms with E-state index in [-0.39, 0.29) is 0 Å². The first kappa shape index (κ1) is 19.7. The van der Waals surface area contributed by atoms with Gasteiger partial charge in [-0.25, -0.2) is 0 Å². The van der Waals surface area contributed by atoms with Crippen molar-refractivity contribution in [2.45, 2.75) is 90.1 Å². The van der Waals surface area contributed by atoms with E-state index in [1.165, 1.54) is 94.9 Å². The topological polar surface area (TPSA) is 0 Å². The Labute approximate surface area is 141 Å². The smallest absolute Gasteiger partial charge is 0.0101 e. The number of unbranched alkanes of at least 4 members (excludes halogenated alkanes) is 11. The minimum absolute atomic E-state index is 1.12. The molecule has 0 heterocycles. The van der Waals surface area contributed by atoms with E-state index in [1.807, 2.05) is 0 Å². The number of benzene rings is 1. The molecule has 126 valence electrons. The summed E-state index contributed by atoms with van der Waals surface area (Å²) in [7, 11) is 1.12. The summed E-state index contributed by atoms with van der Waals surface area (Å²) in [6.45, 7) is 2.29. The van der Waals surface area contributed by atoms with Crippen LogP contribution in [0.25, 0.3) is 0 Å². The van der Waals surface area contributed by atoms with Gasteiger partial charge in [0.2, 0.25) is 0 Å². The summed E-state index contributed by atoms with van der Waals surface area (Å²) in [5.74, 6) is 0. The zero-order chi connectivity index (χ0) is 15.7. The largest absolute Gasteiger partial charge is 0.118 e. The lowest BCUT2D eigenvalue weighted by Gasteiger charge is -2.04. The molecule has 0 nitrogen and oxygen atoms in total. The average Bonchev–Trinajstić information content (AvgIpc) is 2.56. The molecule has 0 amide bonds. The highest BCUT2D eigenvalue weighted by Crippen LogP contribution is 2.20. The van der Waals surface area contributed by atoms with Crippen LogP contribution in [0.4, 0.5) is 0 Å². The monoisotopic (exact) mass is 320 g/mol. The van der Waals surface area contributed by atoms with E-state index in [4.69, 9.17) is 0 Å². The van der Waals surface area contributed by atoms with Crippen LogP contribution < -0.4 is 0 Å². The molecule has 0 spiro atoms. The molecule has 0 aromatic heterocycles. The highest BCUT2D eigenvalue weighted by atomic mass is 31.1. The first-order chi connectivity index (χ1) is 10.9. The second-order valence-corrected chi connectivity index (χ2v) is 7.91. The Kier molecular flexibility index (Phi) is 13.9. The first-order valence-corrected chi connectivity index (χ1v) is 11.1. The van der Waals surface area contributed by atoms with Crippen molar-refractivity contribution in [1.82, 2.24) is 0 Å². The fourth-order valence-corrected chi connectivity index (χ4v) is 4.12. The maximum absolute atomic E-state index is 2.29. The normalized spacial score (nSPS) is 11.5. The molecule has 0 aliphatic carbocycles. The molecule has 0 radical (unpaired) electrons. The summed E-state index contributed by atoms with van der Waals surface area (Å²) < 4.78 is 0. The second-order valence-electron chi connectivity index (χ2n) is 6.55. The van der Waals surface area contributed by atoms with Crippen molar-refractivity contribution in [3.63, 3.8) is 0 Å². The summed E-state index contributed by atoms with van der Waals surface area (Å²) in [5.41, 5.74) is 1.51. The maximum atomic E-state index is 2.29. The summed E-state index contributed by atoms with van der Waals surface area (Å²) in [4.78, 5) is 0. The van der Waals surface area contributed by atoms with Crippen LogP contribution in [0.3, 0.4) is 0 Å². The minimum Gasteiger partial charge on any atom is -0.118 e. The predicted octanol–water partition coefficient (Wildman–Crippen LogP) is 7.57. The molecule has 1 unspecified atom stereocenters. The van der Waals surface area contributed by atoms with E-state index < -0.39 is 0 Å². The third kappa shape index (κ3) is 12.2. The zero-order valence-electron chi connectivity index (χ0n) is 14.8. The number of hydrogen-bond donors (Lipinski definition) is 0. The maximum Gasteiger partial charge on any atom is -0.0101 e. The highest BCUT2D eigenvalue weighted by molar-refractivity contribution is 7.37. The van der Waals surface area contributed by atoms with Gasteiger partial charge in [-0.05, 0) is 24.3 Å². The summed E-state index contributed by atoms with van der Waals surface area (Å²) in [5, 5.41) is 0. The van der Waals surface area contributed by atoms with E-state index in [2.05, 4.69) is 37.3 Å². The fraction of sp³-hybridized carbons (Fsp3) is 0.714. The van der Waals surface area contributed by atoms with Gasteiger partial charge < -0.3 is 0 Å². The van der Waals surface area contributed by atoms with Crippen LogP contribution >= 0.6 is 8.58 Å². The van der Waals surface area contributed by atoms with Gasteiger partial charge >= 0.3 is 0 Å². The van der Waals surface area contributed by atoms with Crippen LogP contribution in [0.2, 0.25) is 0 Å². The van der Waals surface area contributed by atoms with Gasteiger partial charge in [-0.15, -0.1) is 8.58 Å². The molecule has 0 aliphatic rings. The molecular formula is C21H37P. The standard InChI is InChI=1S/C21H37P/c1-2-3-4-5-6-7-8-9-10-11-12-16-19-22-20-21-17-14-13-15-18-21/h13-15,17-18,22H,2-12,16,19-20H2,1H3. The molecule has 1 heteroatoms. The Morgan fingerprint density at radius 2 is 1.14 bits per heavy atom. The Balaban J connectivity index is 1.73. The van der Waals surface area contributed by atoms with Gasteiger partial charge in [0, 0.05) is 0 Å². The molecule has 22 heavy (non-hydrogen) atoms. The first-order valence-electron chi connectivity index (χ1n) is 9.68. The van der Waals surface area contributed by atoms with E-state index in [1.54, 1.807) is 0 Å². The molecule has 0 saturated carbocycles. The van der Waals surface area contributed by atoms with Crippen molar-refractivity contribution in [3.05, 3.63) is 35.9 Å². The summed E-state index contributed by atoms with van der Waals surface area (Å²) in [6, 6.07) is 10.9. The SMILES string of the molecule is CCCCCCCCCCCCCCPCc1ccccc1. The van der Waals surface area contributed by atoms with Crippen LogP contribution in [0.15, 0.2) is 30.3 Å². The Hall–Kier alpha value is -0.350. The lowest BCUT2D eigenvalue weighted by atomic mass is 10.1. The quantitative estimate of drug-likeness (QED) is 0.231. The van der Waals surface area contributed by atoms with Gasteiger partial charge in [0.05, 0.1) is 0 Å². The second kappa shape index (κ2) is 15.5. The fourth-order valence-electron chi connectivity index (χ4n) is 2.92. The van der Waals surface area contributed by atoms with Crippen molar-refractivity contribution in [2.75, 3.05) is 6.16 Å². The molecule has 0 saturated heterocycles. The van der Waals surface area contributed by atoms with Gasteiger partial charge in [-0.3, -0.25) is 0 Å². The molecule has 0 aliphatic heterocycles.